The molecule has 0 amide bonds. The van der Waals surface area contributed by atoms with Crippen molar-refractivity contribution in [2.75, 3.05) is 38.7 Å². The Bertz CT molecular complexity index is 361. The molecule has 0 unspecified atom stereocenters. The summed E-state index contributed by atoms with van der Waals surface area (Å²) < 4.78 is 5.40. The largest absolute Gasteiger partial charge is 0.384 e. The molecule has 0 bridgehead atoms. The van der Waals surface area contributed by atoms with Gasteiger partial charge in [-0.3, -0.25) is 0 Å². The highest BCUT2D eigenvalue weighted by Crippen LogP contribution is 2.14. The molecule has 0 saturated carbocycles. The third-order valence-electron chi connectivity index (χ3n) is 3.74. The quantitative estimate of drug-likeness (QED) is 0.866. The monoisotopic (exact) mass is 248 g/mol. The van der Waals surface area contributed by atoms with Gasteiger partial charge in [0.2, 0.25) is 0 Å². The average molecular weight is 248 g/mol. The van der Waals surface area contributed by atoms with Gasteiger partial charge in [-0.25, -0.2) is 0 Å². The highest BCUT2D eigenvalue weighted by atomic mass is 16.5. The van der Waals surface area contributed by atoms with E-state index >= 15 is 0 Å². The highest BCUT2D eigenvalue weighted by molar-refractivity contribution is 5.50. The van der Waals surface area contributed by atoms with Crippen molar-refractivity contribution in [1.29, 1.82) is 0 Å². The second kappa shape index (κ2) is 6.76. The van der Waals surface area contributed by atoms with E-state index in [-0.39, 0.29) is 0 Å². The van der Waals surface area contributed by atoms with Crippen LogP contribution in [-0.4, -0.2) is 44.3 Å². The van der Waals surface area contributed by atoms with E-state index in [1.165, 1.54) is 24.1 Å². The molecular weight excluding hydrogens is 224 g/mol. The van der Waals surface area contributed by atoms with Crippen LogP contribution in [0, 0.1) is 6.92 Å². The fourth-order valence-electron chi connectivity index (χ4n) is 2.45. The van der Waals surface area contributed by atoms with Crippen LogP contribution in [0.2, 0.25) is 0 Å². The van der Waals surface area contributed by atoms with Crippen LogP contribution >= 0.6 is 0 Å². The molecule has 0 atom stereocenters. The molecule has 3 heteroatoms. The lowest BCUT2D eigenvalue weighted by Gasteiger charge is -2.31. The van der Waals surface area contributed by atoms with E-state index in [1.807, 2.05) is 0 Å². The van der Waals surface area contributed by atoms with E-state index in [1.54, 1.807) is 0 Å². The van der Waals surface area contributed by atoms with Gasteiger partial charge in [0.1, 0.15) is 0 Å². The molecule has 0 aromatic heterocycles. The van der Waals surface area contributed by atoms with Crippen molar-refractivity contribution in [2.45, 2.75) is 25.8 Å². The number of ether oxygens (including phenoxy) is 1. The van der Waals surface area contributed by atoms with E-state index in [2.05, 4.69) is 48.5 Å². The van der Waals surface area contributed by atoms with Crippen molar-refractivity contribution >= 4 is 5.69 Å². The number of hydrogen-bond donors (Lipinski definition) is 1. The number of para-hydroxylation sites is 1. The minimum absolute atomic E-state index is 0.692. The Morgan fingerprint density at radius 2 is 2.00 bits per heavy atom. The number of aryl methyl sites for hydroxylation is 1. The molecule has 18 heavy (non-hydrogen) atoms. The standard InChI is InChI=1S/C15H24N2O/c1-13-5-3-4-6-15(13)16-9-10-17(2)14-7-11-18-12-8-14/h3-6,14,16H,7-12H2,1-2H3. The molecule has 0 spiro atoms. The van der Waals surface area contributed by atoms with E-state index in [0.717, 1.165) is 26.3 Å². The maximum atomic E-state index is 5.40. The summed E-state index contributed by atoms with van der Waals surface area (Å²) in [5.74, 6) is 0. The molecule has 1 aliphatic rings. The van der Waals surface area contributed by atoms with Gasteiger partial charge in [-0.05, 0) is 38.4 Å². The van der Waals surface area contributed by atoms with Crippen molar-refractivity contribution in [2.24, 2.45) is 0 Å². The van der Waals surface area contributed by atoms with Crippen molar-refractivity contribution in [3.63, 3.8) is 0 Å². The van der Waals surface area contributed by atoms with Crippen LogP contribution in [-0.2, 0) is 4.74 Å². The summed E-state index contributed by atoms with van der Waals surface area (Å²) >= 11 is 0. The Labute approximate surface area is 110 Å². The summed E-state index contributed by atoms with van der Waals surface area (Å²) in [7, 11) is 2.22. The Morgan fingerprint density at radius 1 is 1.28 bits per heavy atom. The normalized spacial score (nSPS) is 17.1. The van der Waals surface area contributed by atoms with Crippen molar-refractivity contribution < 1.29 is 4.74 Å². The minimum Gasteiger partial charge on any atom is -0.384 e. The highest BCUT2D eigenvalue weighted by Gasteiger charge is 2.17. The molecule has 1 fully saturated rings. The molecule has 0 radical (unpaired) electrons. The minimum atomic E-state index is 0.692. The summed E-state index contributed by atoms with van der Waals surface area (Å²) in [6, 6.07) is 9.14. The first kappa shape index (κ1) is 13.4. The second-order valence-corrected chi connectivity index (χ2v) is 5.07. The predicted octanol–water partition coefficient (Wildman–Crippen LogP) is 2.52. The number of rotatable bonds is 5. The van der Waals surface area contributed by atoms with Gasteiger partial charge in [-0.15, -0.1) is 0 Å². The summed E-state index contributed by atoms with van der Waals surface area (Å²) in [4.78, 5) is 2.45. The Morgan fingerprint density at radius 3 is 2.72 bits per heavy atom. The van der Waals surface area contributed by atoms with Gasteiger partial charge in [0, 0.05) is 38.0 Å². The maximum Gasteiger partial charge on any atom is 0.0480 e. The first-order valence-electron chi connectivity index (χ1n) is 6.85. The van der Waals surface area contributed by atoms with Crippen LogP contribution < -0.4 is 5.32 Å². The molecule has 0 aliphatic carbocycles. The van der Waals surface area contributed by atoms with Crippen LogP contribution in [0.4, 0.5) is 5.69 Å². The van der Waals surface area contributed by atoms with Gasteiger partial charge in [0.05, 0.1) is 0 Å². The number of likely N-dealkylation sites (N-methyl/N-ethyl adjacent to an activating group) is 1. The van der Waals surface area contributed by atoms with Crippen LogP contribution in [0.5, 0.6) is 0 Å². The van der Waals surface area contributed by atoms with Gasteiger partial charge in [0.25, 0.3) is 0 Å². The van der Waals surface area contributed by atoms with Crippen molar-refractivity contribution in [3.05, 3.63) is 29.8 Å². The van der Waals surface area contributed by atoms with Crippen molar-refractivity contribution in [1.82, 2.24) is 4.90 Å². The zero-order chi connectivity index (χ0) is 12.8. The molecule has 1 N–H and O–H groups in total. The second-order valence-electron chi connectivity index (χ2n) is 5.07. The summed E-state index contributed by atoms with van der Waals surface area (Å²) in [5.41, 5.74) is 2.56. The smallest absolute Gasteiger partial charge is 0.0480 e. The molecule has 3 nitrogen and oxygen atoms in total. The maximum absolute atomic E-state index is 5.40. The molecule has 1 heterocycles. The number of hydrogen-bond acceptors (Lipinski definition) is 3. The lowest BCUT2D eigenvalue weighted by molar-refractivity contribution is 0.0443. The van der Waals surface area contributed by atoms with Crippen LogP contribution in [0.15, 0.2) is 24.3 Å². The molecule has 1 aromatic carbocycles. The molecule has 1 aromatic rings. The Hall–Kier alpha value is -1.06. The molecule has 2 rings (SSSR count). The predicted molar refractivity (Wildman–Crippen MR) is 76.1 cm³/mol. The van der Waals surface area contributed by atoms with E-state index in [0.29, 0.717) is 6.04 Å². The van der Waals surface area contributed by atoms with Gasteiger partial charge in [-0.2, -0.15) is 0 Å². The van der Waals surface area contributed by atoms with Crippen LogP contribution in [0.3, 0.4) is 0 Å². The van der Waals surface area contributed by atoms with Gasteiger partial charge in [-0.1, -0.05) is 18.2 Å². The van der Waals surface area contributed by atoms with Gasteiger partial charge < -0.3 is 15.0 Å². The van der Waals surface area contributed by atoms with Crippen LogP contribution in [0.1, 0.15) is 18.4 Å². The SMILES string of the molecule is Cc1ccccc1NCCN(C)C1CCOCC1. The van der Waals surface area contributed by atoms with E-state index in [4.69, 9.17) is 4.74 Å². The lowest BCUT2D eigenvalue weighted by Crippen LogP contribution is -2.39. The fraction of sp³-hybridized carbons (Fsp3) is 0.600. The molecule has 1 saturated heterocycles. The summed E-state index contributed by atoms with van der Waals surface area (Å²) in [5, 5.41) is 3.51. The third kappa shape index (κ3) is 3.72. The lowest BCUT2D eigenvalue weighted by atomic mass is 10.1. The zero-order valence-corrected chi connectivity index (χ0v) is 11.5. The molecule has 100 valence electrons. The van der Waals surface area contributed by atoms with Crippen molar-refractivity contribution in [3.8, 4) is 0 Å². The Balaban J connectivity index is 1.73. The topological polar surface area (TPSA) is 24.5 Å². The van der Waals surface area contributed by atoms with E-state index < -0.39 is 0 Å². The van der Waals surface area contributed by atoms with Crippen LogP contribution in [0.25, 0.3) is 0 Å². The number of nitrogens with one attached hydrogen (secondary N) is 1. The molecule has 1 aliphatic heterocycles. The van der Waals surface area contributed by atoms with Gasteiger partial charge >= 0.3 is 0 Å². The first-order chi connectivity index (χ1) is 8.77. The summed E-state index contributed by atoms with van der Waals surface area (Å²) in [6.07, 6.45) is 2.34. The summed E-state index contributed by atoms with van der Waals surface area (Å²) in [6.45, 7) is 6.06. The number of benzene rings is 1. The third-order valence-corrected chi connectivity index (χ3v) is 3.74. The van der Waals surface area contributed by atoms with E-state index in [9.17, 15) is 0 Å². The zero-order valence-electron chi connectivity index (χ0n) is 11.5. The Kier molecular flexibility index (Phi) is 5.02. The first-order valence-corrected chi connectivity index (χ1v) is 6.85. The average Bonchev–Trinajstić information content (AvgIpc) is 2.42. The number of anilines is 1. The fourth-order valence-corrected chi connectivity index (χ4v) is 2.45. The van der Waals surface area contributed by atoms with Gasteiger partial charge in [0.15, 0.2) is 0 Å². The molecular formula is C15H24N2O. The number of nitrogens with zero attached hydrogens (tertiary/aromatic N) is 1.